The van der Waals surface area contributed by atoms with E-state index in [1.807, 2.05) is 39.5 Å². The van der Waals surface area contributed by atoms with Gasteiger partial charge in [-0.15, -0.1) is 0 Å². The number of likely N-dealkylation sites (tertiary alicyclic amines) is 1. The Bertz CT molecular complexity index is 699. The lowest BCUT2D eigenvalue weighted by Crippen LogP contribution is -2.45. The monoisotopic (exact) mass is 387 g/mol. The number of nitrogens with zero attached hydrogens (tertiary/aromatic N) is 1. The Morgan fingerprint density at radius 2 is 1.68 bits per heavy atom. The molecule has 0 bridgehead atoms. The van der Waals surface area contributed by atoms with E-state index in [1.54, 1.807) is 24.3 Å². The number of piperidine rings is 1. The number of benzene rings is 1. The Hall–Kier alpha value is -2.37. The van der Waals surface area contributed by atoms with Crippen LogP contribution in [0.5, 0.6) is 0 Å². The van der Waals surface area contributed by atoms with Gasteiger partial charge in [0.2, 0.25) is 11.8 Å². The zero-order valence-electron chi connectivity index (χ0n) is 17.7. The van der Waals surface area contributed by atoms with Crippen molar-refractivity contribution in [3.63, 3.8) is 0 Å². The summed E-state index contributed by atoms with van der Waals surface area (Å²) in [7, 11) is 0. The third kappa shape index (κ3) is 5.81. The second-order valence-corrected chi connectivity index (χ2v) is 8.67. The zero-order valence-corrected chi connectivity index (χ0v) is 17.7. The van der Waals surface area contributed by atoms with E-state index >= 15 is 0 Å². The summed E-state index contributed by atoms with van der Waals surface area (Å²) >= 11 is 0. The number of carbonyl (C=O) groups excluding carboxylic acids is 3. The van der Waals surface area contributed by atoms with Crippen molar-refractivity contribution >= 4 is 23.4 Å². The maximum atomic E-state index is 12.6. The van der Waals surface area contributed by atoms with Crippen molar-refractivity contribution in [1.29, 1.82) is 0 Å². The third-order valence-corrected chi connectivity index (χ3v) is 5.20. The predicted octanol–water partition coefficient (Wildman–Crippen LogP) is 3.44. The molecule has 28 heavy (non-hydrogen) atoms. The third-order valence-electron chi connectivity index (χ3n) is 5.20. The molecule has 1 fully saturated rings. The molecule has 6 nitrogen and oxygen atoms in total. The Morgan fingerprint density at radius 1 is 1.11 bits per heavy atom. The van der Waals surface area contributed by atoms with Gasteiger partial charge in [-0.05, 0) is 50.5 Å². The summed E-state index contributed by atoms with van der Waals surface area (Å²) in [5.74, 6) is -0.0993. The van der Waals surface area contributed by atoms with E-state index in [0.29, 0.717) is 37.2 Å². The van der Waals surface area contributed by atoms with Gasteiger partial charge in [0, 0.05) is 41.7 Å². The van der Waals surface area contributed by atoms with E-state index in [2.05, 4.69) is 10.6 Å². The molecule has 1 unspecified atom stereocenters. The van der Waals surface area contributed by atoms with Crippen molar-refractivity contribution in [3.05, 3.63) is 29.8 Å². The summed E-state index contributed by atoms with van der Waals surface area (Å²) in [5.41, 5.74) is 0.864. The molecule has 3 amide bonds. The number of nitrogens with one attached hydrogen (secondary N) is 2. The highest BCUT2D eigenvalue weighted by Gasteiger charge is 2.32. The van der Waals surface area contributed by atoms with Gasteiger partial charge in [0.15, 0.2) is 0 Å². The van der Waals surface area contributed by atoms with Crippen molar-refractivity contribution in [2.75, 3.05) is 18.4 Å². The van der Waals surface area contributed by atoms with E-state index in [-0.39, 0.29) is 29.7 Å². The molecule has 2 rings (SSSR count). The summed E-state index contributed by atoms with van der Waals surface area (Å²) in [6.07, 6.45) is 2.21. The number of rotatable bonds is 5. The molecule has 1 atom stereocenters. The fourth-order valence-electron chi connectivity index (χ4n) is 3.18. The van der Waals surface area contributed by atoms with Gasteiger partial charge in [0.1, 0.15) is 0 Å². The molecule has 154 valence electrons. The molecular weight excluding hydrogens is 354 g/mol. The van der Waals surface area contributed by atoms with E-state index in [9.17, 15) is 14.4 Å². The van der Waals surface area contributed by atoms with Crippen LogP contribution in [0.4, 0.5) is 5.69 Å². The van der Waals surface area contributed by atoms with E-state index in [4.69, 9.17) is 0 Å². The first-order valence-electron chi connectivity index (χ1n) is 10.1. The minimum Gasteiger partial charge on any atom is -0.350 e. The second-order valence-electron chi connectivity index (χ2n) is 8.67. The predicted molar refractivity (Wildman–Crippen MR) is 111 cm³/mol. The maximum absolute atomic E-state index is 12.6. The molecule has 1 aliphatic rings. The van der Waals surface area contributed by atoms with Gasteiger partial charge in [0.05, 0.1) is 0 Å². The molecule has 0 aliphatic carbocycles. The molecule has 0 saturated carbocycles. The highest BCUT2D eigenvalue weighted by molar-refractivity contribution is 5.96. The van der Waals surface area contributed by atoms with Crippen LogP contribution < -0.4 is 10.6 Å². The number of anilines is 1. The van der Waals surface area contributed by atoms with Gasteiger partial charge in [-0.3, -0.25) is 14.4 Å². The minimum absolute atomic E-state index is 0.0281. The highest BCUT2D eigenvalue weighted by atomic mass is 16.2. The van der Waals surface area contributed by atoms with Crippen LogP contribution in [0.15, 0.2) is 24.3 Å². The molecule has 1 heterocycles. The van der Waals surface area contributed by atoms with Gasteiger partial charge in [0.25, 0.3) is 5.91 Å². The van der Waals surface area contributed by atoms with Crippen LogP contribution in [-0.4, -0.2) is 41.8 Å². The summed E-state index contributed by atoms with van der Waals surface area (Å²) < 4.78 is 0. The smallest absolute Gasteiger partial charge is 0.251 e. The first-order chi connectivity index (χ1) is 13.1. The second kappa shape index (κ2) is 9.22. The fraction of sp³-hybridized carbons (Fsp3) is 0.591. The molecule has 0 aromatic heterocycles. The van der Waals surface area contributed by atoms with Gasteiger partial charge >= 0.3 is 0 Å². The highest BCUT2D eigenvalue weighted by Crippen LogP contribution is 2.24. The van der Waals surface area contributed by atoms with Crippen LogP contribution in [0, 0.1) is 11.3 Å². The number of amides is 3. The molecule has 1 aliphatic heterocycles. The summed E-state index contributed by atoms with van der Waals surface area (Å²) in [6, 6.07) is 7.07. The van der Waals surface area contributed by atoms with Gasteiger partial charge < -0.3 is 15.5 Å². The van der Waals surface area contributed by atoms with Crippen molar-refractivity contribution in [3.8, 4) is 0 Å². The van der Waals surface area contributed by atoms with Gasteiger partial charge in [-0.2, -0.15) is 0 Å². The summed E-state index contributed by atoms with van der Waals surface area (Å²) in [4.78, 5) is 38.9. The SMILES string of the molecule is CCC(C)NC(=O)c1ccc(NC(=O)C2CCN(C(=O)C(C)(C)C)CC2)cc1. The molecule has 1 aromatic rings. The molecule has 6 heteroatoms. The summed E-state index contributed by atoms with van der Waals surface area (Å²) in [6.45, 7) is 11.0. The zero-order chi connectivity index (χ0) is 20.9. The fourth-order valence-corrected chi connectivity index (χ4v) is 3.18. The molecule has 0 spiro atoms. The van der Waals surface area contributed by atoms with Crippen LogP contribution >= 0.6 is 0 Å². The maximum Gasteiger partial charge on any atom is 0.251 e. The van der Waals surface area contributed by atoms with E-state index < -0.39 is 5.41 Å². The van der Waals surface area contributed by atoms with Crippen molar-refractivity contribution in [1.82, 2.24) is 10.2 Å². The molecule has 0 radical (unpaired) electrons. The quantitative estimate of drug-likeness (QED) is 0.812. The number of hydrogen-bond donors (Lipinski definition) is 2. The lowest BCUT2D eigenvalue weighted by atomic mass is 9.90. The molecular formula is C22H33N3O3. The number of hydrogen-bond acceptors (Lipinski definition) is 3. The van der Waals surface area contributed by atoms with Gasteiger partial charge in [-0.1, -0.05) is 27.7 Å². The van der Waals surface area contributed by atoms with Crippen LogP contribution in [0.2, 0.25) is 0 Å². The lowest BCUT2D eigenvalue weighted by molar-refractivity contribution is -0.142. The average Bonchev–Trinajstić information content (AvgIpc) is 2.67. The van der Waals surface area contributed by atoms with E-state index in [1.165, 1.54) is 0 Å². The van der Waals surface area contributed by atoms with Crippen molar-refractivity contribution in [2.24, 2.45) is 11.3 Å². The molecule has 2 N–H and O–H groups in total. The minimum atomic E-state index is -0.391. The van der Waals surface area contributed by atoms with E-state index in [0.717, 1.165) is 6.42 Å². The van der Waals surface area contributed by atoms with Gasteiger partial charge in [-0.25, -0.2) is 0 Å². The standard InChI is InChI=1S/C22H33N3O3/c1-6-15(2)23-19(26)16-7-9-18(10-8-16)24-20(27)17-11-13-25(14-12-17)21(28)22(3,4)5/h7-10,15,17H,6,11-14H2,1-5H3,(H,23,26)(H,24,27). The lowest BCUT2D eigenvalue weighted by Gasteiger charge is -2.35. The Morgan fingerprint density at radius 3 is 2.18 bits per heavy atom. The normalized spacial score (nSPS) is 16.4. The average molecular weight is 388 g/mol. The van der Waals surface area contributed by atoms with Crippen LogP contribution in [0.3, 0.4) is 0 Å². The van der Waals surface area contributed by atoms with Crippen LogP contribution in [-0.2, 0) is 9.59 Å². The van der Waals surface area contributed by atoms with Crippen LogP contribution in [0.1, 0.15) is 64.2 Å². The first kappa shape index (κ1) is 21.9. The Kier molecular flexibility index (Phi) is 7.22. The van der Waals surface area contributed by atoms with Crippen molar-refractivity contribution < 1.29 is 14.4 Å². The summed E-state index contributed by atoms with van der Waals surface area (Å²) in [5, 5.41) is 5.85. The topological polar surface area (TPSA) is 78.5 Å². The number of carbonyl (C=O) groups is 3. The molecule has 1 aromatic carbocycles. The largest absolute Gasteiger partial charge is 0.350 e. The Labute approximate surface area is 168 Å². The first-order valence-corrected chi connectivity index (χ1v) is 10.1. The van der Waals surface area contributed by atoms with Crippen molar-refractivity contribution in [2.45, 2.75) is 59.9 Å². The van der Waals surface area contributed by atoms with Crippen LogP contribution in [0.25, 0.3) is 0 Å². The Balaban J connectivity index is 1.87. The molecule has 1 saturated heterocycles.